The quantitative estimate of drug-likeness (QED) is 0.576. The van der Waals surface area contributed by atoms with E-state index in [4.69, 9.17) is 28.6 Å². The lowest BCUT2D eigenvalue weighted by Crippen LogP contribution is -2.30. The third-order valence-electron chi connectivity index (χ3n) is 4.50. The smallest absolute Gasteiger partial charge is 0.281 e. The molecular formula is C21H21ClN2O2S. The molecule has 1 aliphatic rings. The molecule has 1 aliphatic heterocycles. The van der Waals surface area contributed by atoms with Gasteiger partial charge in [0.25, 0.3) is 5.91 Å². The summed E-state index contributed by atoms with van der Waals surface area (Å²) in [5.74, 6) is 0.967. The van der Waals surface area contributed by atoms with Crippen molar-refractivity contribution in [3.8, 4) is 5.75 Å². The Balaban J connectivity index is 1.99. The van der Waals surface area contributed by atoms with Crippen LogP contribution in [0, 0.1) is 6.92 Å². The summed E-state index contributed by atoms with van der Waals surface area (Å²) in [6, 6.07) is 11.1. The van der Waals surface area contributed by atoms with Crippen LogP contribution in [0.15, 0.2) is 42.1 Å². The molecule has 27 heavy (non-hydrogen) atoms. The number of halogens is 1. The van der Waals surface area contributed by atoms with Gasteiger partial charge < -0.3 is 10.1 Å². The molecule has 0 unspecified atom stereocenters. The summed E-state index contributed by atoms with van der Waals surface area (Å²) in [7, 11) is 1.67. The molecule has 140 valence electrons. The number of carbonyl (C=O) groups excluding carboxylic acids is 1. The van der Waals surface area contributed by atoms with E-state index in [1.807, 2.05) is 19.1 Å². The van der Waals surface area contributed by atoms with Gasteiger partial charge in [-0.2, -0.15) is 0 Å². The Labute approximate surface area is 169 Å². The molecule has 1 amide bonds. The number of benzene rings is 2. The van der Waals surface area contributed by atoms with Crippen LogP contribution in [0.3, 0.4) is 0 Å². The minimum absolute atomic E-state index is 0.191. The van der Waals surface area contributed by atoms with Gasteiger partial charge in [0.1, 0.15) is 11.4 Å². The maximum absolute atomic E-state index is 12.9. The third kappa shape index (κ3) is 3.84. The average molecular weight is 401 g/mol. The molecule has 0 bridgehead atoms. The molecular weight excluding hydrogens is 380 g/mol. The second-order valence-corrected chi connectivity index (χ2v) is 7.53. The molecule has 0 spiro atoms. The molecule has 1 N–H and O–H groups in total. The highest BCUT2D eigenvalue weighted by atomic mass is 35.5. The van der Waals surface area contributed by atoms with Crippen molar-refractivity contribution >= 4 is 46.6 Å². The molecule has 1 heterocycles. The summed E-state index contributed by atoms with van der Waals surface area (Å²) >= 11 is 11.3. The zero-order valence-corrected chi connectivity index (χ0v) is 17.2. The van der Waals surface area contributed by atoms with Crippen molar-refractivity contribution in [2.75, 3.05) is 12.0 Å². The number of nitrogens with zero attached hydrogens (tertiary/aromatic N) is 1. The molecule has 4 nitrogen and oxygen atoms in total. The van der Waals surface area contributed by atoms with E-state index in [2.05, 4.69) is 25.2 Å². The maximum atomic E-state index is 12.9. The second-order valence-electron chi connectivity index (χ2n) is 6.71. The van der Waals surface area contributed by atoms with Crippen molar-refractivity contribution in [3.05, 3.63) is 63.8 Å². The molecule has 2 aromatic carbocycles. The first kappa shape index (κ1) is 19.4. The standard InChI is InChI=1S/C21H21ClN2O2S/c1-12(2)17-10-14(13(3)9-19(17)26-4)11-18-20(25)24(21(27)23-18)16-7-5-15(22)6-8-16/h5-12H,1-4H3,(H,23,27). The molecule has 0 radical (unpaired) electrons. The van der Waals surface area contributed by atoms with E-state index in [1.165, 1.54) is 4.90 Å². The number of ether oxygens (including phenoxy) is 1. The summed E-state index contributed by atoms with van der Waals surface area (Å²) in [5.41, 5.74) is 4.19. The van der Waals surface area contributed by atoms with Crippen LogP contribution in [-0.2, 0) is 4.79 Å². The van der Waals surface area contributed by atoms with Gasteiger partial charge in [0.15, 0.2) is 5.11 Å². The monoisotopic (exact) mass is 400 g/mol. The van der Waals surface area contributed by atoms with Crippen LogP contribution in [0.2, 0.25) is 5.02 Å². The maximum Gasteiger partial charge on any atom is 0.281 e. The molecule has 3 rings (SSSR count). The molecule has 2 aromatic rings. The Hall–Kier alpha value is -2.37. The van der Waals surface area contributed by atoms with Gasteiger partial charge in [0.2, 0.25) is 0 Å². The largest absolute Gasteiger partial charge is 0.496 e. The normalized spacial score (nSPS) is 15.6. The van der Waals surface area contributed by atoms with Gasteiger partial charge in [-0.1, -0.05) is 25.4 Å². The van der Waals surface area contributed by atoms with Gasteiger partial charge in [-0.15, -0.1) is 0 Å². The van der Waals surface area contributed by atoms with Crippen molar-refractivity contribution in [3.63, 3.8) is 0 Å². The van der Waals surface area contributed by atoms with E-state index in [0.717, 1.165) is 22.4 Å². The fourth-order valence-electron chi connectivity index (χ4n) is 3.01. The fourth-order valence-corrected chi connectivity index (χ4v) is 3.44. The lowest BCUT2D eigenvalue weighted by atomic mass is 9.96. The van der Waals surface area contributed by atoms with Crippen LogP contribution in [-0.4, -0.2) is 18.1 Å². The Morgan fingerprint density at radius 3 is 2.48 bits per heavy atom. The predicted octanol–water partition coefficient (Wildman–Crippen LogP) is 5.04. The van der Waals surface area contributed by atoms with Crippen molar-refractivity contribution < 1.29 is 9.53 Å². The van der Waals surface area contributed by atoms with Crippen LogP contribution in [0.5, 0.6) is 5.75 Å². The van der Waals surface area contributed by atoms with E-state index in [-0.39, 0.29) is 5.91 Å². The first-order valence-corrected chi connectivity index (χ1v) is 9.41. The number of rotatable bonds is 4. The molecule has 0 atom stereocenters. The summed E-state index contributed by atoms with van der Waals surface area (Å²) < 4.78 is 5.49. The van der Waals surface area contributed by atoms with Crippen LogP contribution in [0.4, 0.5) is 5.69 Å². The Bertz CT molecular complexity index is 936. The summed E-state index contributed by atoms with van der Waals surface area (Å²) in [4.78, 5) is 14.4. The van der Waals surface area contributed by atoms with Gasteiger partial charge in [-0.05, 0) is 84.2 Å². The zero-order valence-electron chi connectivity index (χ0n) is 15.7. The molecule has 0 saturated carbocycles. The summed E-state index contributed by atoms with van der Waals surface area (Å²) in [6.45, 7) is 6.22. The van der Waals surface area contributed by atoms with Crippen molar-refractivity contribution in [2.45, 2.75) is 26.7 Å². The number of hydrogen-bond donors (Lipinski definition) is 1. The first-order valence-electron chi connectivity index (χ1n) is 8.63. The summed E-state index contributed by atoms with van der Waals surface area (Å²) in [6.07, 6.45) is 1.84. The van der Waals surface area contributed by atoms with E-state index >= 15 is 0 Å². The Kier molecular flexibility index (Phi) is 5.53. The van der Waals surface area contributed by atoms with Crippen LogP contribution >= 0.6 is 23.8 Å². The number of thiocarbonyl (C=S) groups is 1. The van der Waals surface area contributed by atoms with E-state index < -0.39 is 0 Å². The zero-order chi connectivity index (χ0) is 19.7. The van der Waals surface area contributed by atoms with Crippen molar-refractivity contribution in [1.29, 1.82) is 0 Å². The highest BCUT2D eigenvalue weighted by Gasteiger charge is 2.32. The number of amides is 1. The molecule has 1 fully saturated rings. The fraction of sp³-hybridized carbons (Fsp3) is 0.238. The molecule has 6 heteroatoms. The van der Waals surface area contributed by atoms with Gasteiger partial charge in [-0.25, -0.2) is 0 Å². The minimum Gasteiger partial charge on any atom is -0.496 e. The van der Waals surface area contributed by atoms with Gasteiger partial charge >= 0.3 is 0 Å². The first-order chi connectivity index (χ1) is 12.8. The highest BCUT2D eigenvalue weighted by Crippen LogP contribution is 2.31. The number of aryl methyl sites for hydroxylation is 1. The van der Waals surface area contributed by atoms with E-state index in [1.54, 1.807) is 31.4 Å². The van der Waals surface area contributed by atoms with Gasteiger partial charge in [-0.3, -0.25) is 9.69 Å². The predicted molar refractivity (Wildman–Crippen MR) is 114 cm³/mol. The summed E-state index contributed by atoms with van der Waals surface area (Å²) in [5, 5.41) is 3.98. The minimum atomic E-state index is -0.191. The lowest BCUT2D eigenvalue weighted by Gasteiger charge is -2.15. The number of carbonyl (C=O) groups is 1. The van der Waals surface area contributed by atoms with Gasteiger partial charge in [0, 0.05) is 5.02 Å². The number of anilines is 1. The average Bonchev–Trinajstić information content (AvgIpc) is 2.90. The van der Waals surface area contributed by atoms with Crippen molar-refractivity contribution in [1.82, 2.24) is 5.32 Å². The van der Waals surface area contributed by atoms with Crippen LogP contribution in [0.25, 0.3) is 6.08 Å². The number of methoxy groups -OCH3 is 1. The van der Waals surface area contributed by atoms with Crippen LogP contribution in [0.1, 0.15) is 36.5 Å². The second kappa shape index (κ2) is 7.71. The molecule has 1 saturated heterocycles. The SMILES string of the molecule is COc1cc(C)c(C=C2NC(=S)N(c3ccc(Cl)cc3)C2=O)cc1C(C)C. The Morgan fingerprint density at radius 2 is 1.89 bits per heavy atom. The molecule has 0 aromatic heterocycles. The number of nitrogens with one attached hydrogen (secondary N) is 1. The Morgan fingerprint density at radius 1 is 1.22 bits per heavy atom. The van der Waals surface area contributed by atoms with E-state index in [0.29, 0.717) is 27.4 Å². The highest BCUT2D eigenvalue weighted by molar-refractivity contribution is 7.80. The van der Waals surface area contributed by atoms with Crippen LogP contribution < -0.4 is 15.0 Å². The van der Waals surface area contributed by atoms with E-state index in [9.17, 15) is 4.79 Å². The lowest BCUT2D eigenvalue weighted by molar-refractivity contribution is -0.113. The topological polar surface area (TPSA) is 41.6 Å². The van der Waals surface area contributed by atoms with Gasteiger partial charge in [0.05, 0.1) is 12.8 Å². The molecule has 0 aliphatic carbocycles. The third-order valence-corrected chi connectivity index (χ3v) is 5.04. The number of hydrogen-bond acceptors (Lipinski definition) is 3. The van der Waals surface area contributed by atoms with Crippen molar-refractivity contribution in [2.24, 2.45) is 0 Å².